The van der Waals surface area contributed by atoms with Crippen LogP contribution in [-0.2, 0) is 20.3 Å². The minimum atomic E-state index is -3.90. The molecule has 10 nitrogen and oxygen atoms in total. The molecule has 0 bridgehead atoms. The van der Waals surface area contributed by atoms with E-state index in [1.807, 2.05) is 6.92 Å². The molecule has 4 aromatic rings. The highest BCUT2D eigenvalue weighted by Gasteiger charge is 2.35. The van der Waals surface area contributed by atoms with Gasteiger partial charge in [-0.15, -0.1) is 10.2 Å². The predicted molar refractivity (Wildman–Crippen MR) is 130 cm³/mol. The summed E-state index contributed by atoms with van der Waals surface area (Å²) in [5.41, 5.74) is 1.26. The quantitative estimate of drug-likeness (QED) is 0.332. The van der Waals surface area contributed by atoms with Crippen LogP contribution in [0.2, 0.25) is 0 Å². The van der Waals surface area contributed by atoms with Gasteiger partial charge in [-0.3, -0.25) is 4.57 Å². The molecule has 12 heteroatoms. The van der Waals surface area contributed by atoms with E-state index in [0.29, 0.717) is 11.6 Å². The number of rotatable bonds is 9. The molecule has 3 aromatic heterocycles. The molecule has 2 atom stereocenters. The van der Waals surface area contributed by atoms with Gasteiger partial charge in [0.1, 0.15) is 23.4 Å². The van der Waals surface area contributed by atoms with Crippen molar-refractivity contribution in [1.82, 2.24) is 29.7 Å². The zero-order valence-corrected chi connectivity index (χ0v) is 21.0. The molecule has 0 radical (unpaired) electrons. The van der Waals surface area contributed by atoms with Crippen LogP contribution < -0.4 is 4.74 Å². The molecule has 0 amide bonds. The molecule has 0 fully saturated rings. The maximum atomic E-state index is 14.9. The number of hydrogen-bond donors (Lipinski definition) is 0. The van der Waals surface area contributed by atoms with Crippen LogP contribution >= 0.6 is 0 Å². The Balaban J connectivity index is 1.77. The van der Waals surface area contributed by atoms with E-state index < -0.39 is 32.8 Å². The van der Waals surface area contributed by atoms with E-state index >= 15 is 0 Å². The fraction of sp³-hybridized carbons (Fsp3) is 0.292. The van der Waals surface area contributed by atoms with Crippen molar-refractivity contribution in [3.63, 3.8) is 0 Å². The van der Waals surface area contributed by atoms with Crippen LogP contribution in [0.15, 0.2) is 54.9 Å². The lowest BCUT2D eigenvalue weighted by atomic mass is 10.2. The number of sulfone groups is 1. The average molecular weight is 513 g/mol. The predicted octanol–water partition coefficient (Wildman–Crippen LogP) is 3.27. The maximum Gasteiger partial charge on any atom is 0.213 e. The summed E-state index contributed by atoms with van der Waals surface area (Å²) >= 11 is 0. The van der Waals surface area contributed by atoms with Gasteiger partial charge in [0.2, 0.25) is 5.88 Å². The zero-order valence-electron chi connectivity index (χ0n) is 20.2. The van der Waals surface area contributed by atoms with Gasteiger partial charge in [0.15, 0.2) is 27.3 Å². The van der Waals surface area contributed by atoms with E-state index in [1.165, 1.54) is 43.9 Å². The highest BCUT2D eigenvalue weighted by molar-refractivity contribution is 7.91. The topological polar surface area (TPSA) is 122 Å². The molecule has 0 aliphatic carbocycles. The average Bonchev–Trinajstić information content (AvgIpc) is 3.28. The summed E-state index contributed by atoms with van der Waals surface area (Å²) in [4.78, 5) is 12.8. The number of aromatic nitrogens is 6. The first kappa shape index (κ1) is 25.3. The van der Waals surface area contributed by atoms with Gasteiger partial charge in [-0.2, -0.15) is 0 Å². The Morgan fingerprint density at radius 3 is 2.42 bits per heavy atom. The number of para-hydroxylation sites is 1. The van der Waals surface area contributed by atoms with Crippen molar-refractivity contribution in [1.29, 1.82) is 0 Å². The normalized spacial score (nSPS) is 13.4. The van der Waals surface area contributed by atoms with Crippen LogP contribution in [0.4, 0.5) is 4.39 Å². The fourth-order valence-electron chi connectivity index (χ4n) is 3.67. The second-order valence-corrected chi connectivity index (χ2v) is 10.4. The maximum absolute atomic E-state index is 14.9. The largest absolute Gasteiger partial charge is 0.481 e. The molecular formula is C24H25FN6O4S. The minimum absolute atomic E-state index is 0.0197. The van der Waals surface area contributed by atoms with Crippen LogP contribution in [0, 0.1) is 12.7 Å². The van der Waals surface area contributed by atoms with Gasteiger partial charge in [0.25, 0.3) is 0 Å². The van der Waals surface area contributed by atoms with Crippen molar-refractivity contribution in [2.45, 2.75) is 31.0 Å². The summed E-state index contributed by atoms with van der Waals surface area (Å²) in [6, 6.07) is 11.0. The molecule has 0 spiro atoms. The lowest BCUT2D eigenvalue weighted by Crippen LogP contribution is -2.30. The molecule has 4 rings (SSSR count). The third-order valence-corrected chi connectivity index (χ3v) is 7.66. The van der Waals surface area contributed by atoms with Crippen molar-refractivity contribution in [3.05, 3.63) is 77.9 Å². The number of halogens is 1. The first-order valence-corrected chi connectivity index (χ1v) is 12.7. The smallest absolute Gasteiger partial charge is 0.213 e. The van der Waals surface area contributed by atoms with Crippen LogP contribution in [0.1, 0.15) is 30.2 Å². The number of ether oxygens (including phenoxy) is 2. The summed E-state index contributed by atoms with van der Waals surface area (Å²) in [5, 5.41) is 7.25. The summed E-state index contributed by atoms with van der Waals surface area (Å²) in [6.45, 7) is 3.34. The van der Waals surface area contributed by atoms with E-state index in [9.17, 15) is 12.8 Å². The summed E-state index contributed by atoms with van der Waals surface area (Å²) in [6.07, 6.45) is 2.27. The zero-order chi connectivity index (χ0) is 25.9. The lowest BCUT2D eigenvalue weighted by Gasteiger charge is -2.21. The van der Waals surface area contributed by atoms with Crippen molar-refractivity contribution in [3.8, 4) is 23.1 Å². The number of methoxy groups -OCH3 is 2. The Morgan fingerprint density at radius 1 is 1.03 bits per heavy atom. The van der Waals surface area contributed by atoms with E-state index in [1.54, 1.807) is 36.7 Å². The molecule has 0 saturated carbocycles. The highest BCUT2D eigenvalue weighted by Crippen LogP contribution is 2.29. The molecule has 0 unspecified atom stereocenters. The summed E-state index contributed by atoms with van der Waals surface area (Å²) < 4.78 is 53.9. The SMILES string of the molecule is COc1cccc(-c2nnc(CS(=O)(=O)[C@@H](C)[C@H](OC)c3ncc(C)cn3)n2-c2ccccc2F)n1. The van der Waals surface area contributed by atoms with Gasteiger partial charge >= 0.3 is 0 Å². The Kier molecular flexibility index (Phi) is 7.36. The van der Waals surface area contributed by atoms with Crippen LogP contribution in [0.25, 0.3) is 17.2 Å². The molecule has 0 aliphatic rings. The third-order valence-electron chi connectivity index (χ3n) is 5.62. The highest BCUT2D eigenvalue weighted by atomic mass is 32.2. The van der Waals surface area contributed by atoms with Gasteiger partial charge in [0.05, 0.1) is 18.0 Å². The Bertz CT molecular complexity index is 1460. The van der Waals surface area contributed by atoms with Gasteiger partial charge in [-0.1, -0.05) is 18.2 Å². The summed E-state index contributed by atoms with van der Waals surface area (Å²) in [5.74, 6) is -0.356. The number of hydrogen-bond acceptors (Lipinski definition) is 9. The molecular weight excluding hydrogens is 487 g/mol. The summed E-state index contributed by atoms with van der Waals surface area (Å²) in [7, 11) is -1.04. The molecule has 0 saturated heterocycles. The molecule has 188 valence electrons. The van der Waals surface area contributed by atoms with Crippen molar-refractivity contribution in [2.75, 3.05) is 14.2 Å². The Hall–Kier alpha value is -3.77. The Labute approximate surface area is 208 Å². The second-order valence-electron chi connectivity index (χ2n) is 8.08. The van der Waals surface area contributed by atoms with Gasteiger partial charge in [-0.25, -0.2) is 27.8 Å². The van der Waals surface area contributed by atoms with Gasteiger partial charge in [0, 0.05) is 25.6 Å². The minimum Gasteiger partial charge on any atom is -0.481 e. The van der Waals surface area contributed by atoms with Crippen LogP contribution in [-0.4, -0.2) is 57.6 Å². The molecule has 0 N–H and O–H groups in total. The molecule has 0 aliphatic heterocycles. The Morgan fingerprint density at radius 2 is 1.75 bits per heavy atom. The van der Waals surface area contributed by atoms with Gasteiger partial charge in [-0.05, 0) is 37.6 Å². The second kappa shape index (κ2) is 10.5. The number of nitrogens with zero attached hydrogens (tertiary/aromatic N) is 6. The number of aryl methyl sites for hydroxylation is 1. The molecule has 36 heavy (non-hydrogen) atoms. The number of pyridine rings is 1. The van der Waals surface area contributed by atoms with Gasteiger partial charge < -0.3 is 9.47 Å². The molecule has 1 aromatic carbocycles. The fourth-order valence-corrected chi connectivity index (χ4v) is 5.09. The third kappa shape index (κ3) is 5.09. The van der Waals surface area contributed by atoms with E-state index in [2.05, 4.69) is 25.1 Å². The van der Waals surface area contributed by atoms with E-state index in [-0.39, 0.29) is 23.2 Å². The van der Waals surface area contributed by atoms with Crippen molar-refractivity contribution in [2.24, 2.45) is 0 Å². The van der Waals surface area contributed by atoms with Crippen molar-refractivity contribution < 1.29 is 22.3 Å². The first-order chi connectivity index (χ1) is 17.2. The lowest BCUT2D eigenvalue weighted by molar-refractivity contribution is 0.0947. The molecule has 3 heterocycles. The van der Waals surface area contributed by atoms with E-state index in [4.69, 9.17) is 9.47 Å². The van der Waals surface area contributed by atoms with Crippen LogP contribution in [0.5, 0.6) is 5.88 Å². The van der Waals surface area contributed by atoms with Crippen LogP contribution in [0.3, 0.4) is 0 Å². The van der Waals surface area contributed by atoms with E-state index in [0.717, 1.165) is 5.56 Å². The van der Waals surface area contributed by atoms with Crippen molar-refractivity contribution >= 4 is 9.84 Å². The monoisotopic (exact) mass is 512 g/mol. The number of benzene rings is 1. The standard InChI is InChI=1S/C24H25FN6O4S/c1-15-12-26-23(27-13-15)22(35-4)16(2)36(32,33)14-20-29-30-24(18-9-7-11-21(28-18)34-3)31(20)19-10-6-5-8-17(19)25/h5-13,16,22H,14H2,1-4H3/t16-,22-/m0/s1. The first-order valence-electron chi connectivity index (χ1n) is 11.0.